The molecule has 0 unspecified atom stereocenters. The van der Waals surface area contributed by atoms with Crippen molar-refractivity contribution in [3.8, 4) is 0 Å². The number of nitrogens with one attached hydrogen (secondary N) is 1. The summed E-state index contributed by atoms with van der Waals surface area (Å²) in [6.45, 7) is 7.79. The van der Waals surface area contributed by atoms with Crippen molar-refractivity contribution >= 4 is 27.3 Å². The SMILES string of the molecule is CCCN(CC)CCNc1c(Br)cncc1[N+](=O)[O-]. The van der Waals surface area contributed by atoms with Crippen LogP contribution in [0.2, 0.25) is 0 Å². The second-order valence-corrected chi connectivity index (χ2v) is 4.99. The molecule has 1 aromatic heterocycles. The van der Waals surface area contributed by atoms with Gasteiger partial charge in [-0.3, -0.25) is 15.1 Å². The van der Waals surface area contributed by atoms with Crippen molar-refractivity contribution in [2.24, 2.45) is 0 Å². The molecule has 0 aromatic carbocycles. The van der Waals surface area contributed by atoms with E-state index in [1.165, 1.54) is 6.20 Å². The number of anilines is 1. The summed E-state index contributed by atoms with van der Waals surface area (Å²) in [5.41, 5.74) is 0.487. The Bertz CT molecular complexity index is 428. The van der Waals surface area contributed by atoms with E-state index in [1.807, 2.05) is 0 Å². The summed E-state index contributed by atoms with van der Waals surface area (Å²) in [6, 6.07) is 0. The van der Waals surface area contributed by atoms with Crippen molar-refractivity contribution in [3.05, 3.63) is 27.0 Å². The molecule has 1 rings (SSSR count). The van der Waals surface area contributed by atoms with Gasteiger partial charge in [0.2, 0.25) is 0 Å². The number of likely N-dealkylation sites (N-methyl/N-ethyl adjacent to an activating group) is 1. The Morgan fingerprint density at radius 3 is 2.74 bits per heavy atom. The average molecular weight is 331 g/mol. The number of nitrogens with zero attached hydrogens (tertiary/aromatic N) is 3. The predicted octanol–water partition coefficient (Wildman–Crippen LogP) is 2.90. The lowest BCUT2D eigenvalue weighted by atomic mass is 10.3. The standard InChI is InChI=1S/C12H19BrN4O2/c1-3-6-16(4-2)7-5-15-12-10(13)8-14-9-11(12)17(18)19/h8-9H,3-7H2,1-2H3,(H,14,15). The molecule has 0 aliphatic carbocycles. The van der Waals surface area contributed by atoms with E-state index in [0.717, 1.165) is 26.1 Å². The van der Waals surface area contributed by atoms with Crippen molar-refractivity contribution in [1.29, 1.82) is 0 Å². The number of hydrogen-bond acceptors (Lipinski definition) is 5. The lowest BCUT2D eigenvalue weighted by molar-refractivity contribution is -0.384. The molecule has 106 valence electrons. The van der Waals surface area contributed by atoms with E-state index in [0.29, 0.717) is 16.7 Å². The van der Waals surface area contributed by atoms with Crippen LogP contribution in [0.5, 0.6) is 0 Å². The average Bonchev–Trinajstić information content (AvgIpc) is 2.39. The number of pyridine rings is 1. The molecule has 0 fully saturated rings. The van der Waals surface area contributed by atoms with Crippen LogP contribution in [0.4, 0.5) is 11.4 Å². The van der Waals surface area contributed by atoms with Crippen LogP contribution in [0.1, 0.15) is 20.3 Å². The lowest BCUT2D eigenvalue weighted by Crippen LogP contribution is -2.29. The molecular weight excluding hydrogens is 312 g/mol. The van der Waals surface area contributed by atoms with Gasteiger partial charge in [-0.05, 0) is 35.4 Å². The van der Waals surface area contributed by atoms with Crippen LogP contribution in [0.15, 0.2) is 16.9 Å². The highest BCUT2D eigenvalue weighted by Gasteiger charge is 2.16. The Kier molecular flexibility index (Phi) is 6.72. The highest BCUT2D eigenvalue weighted by Crippen LogP contribution is 2.30. The summed E-state index contributed by atoms with van der Waals surface area (Å²) in [5.74, 6) is 0. The highest BCUT2D eigenvalue weighted by molar-refractivity contribution is 9.10. The first-order valence-corrected chi connectivity index (χ1v) is 7.13. The Balaban J connectivity index is 2.64. The molecule has 0 spiro atoms. The fraction of sp³-hybridized carbons (Fsp3) is 0.583. The monoisotopic (exact) mass is 330 g/mol. The fourth-order valence-electron chi connectivity index (χ4n) is 1.82. The molecule has 0 radical (unpaired) electrons. The van der Waals surface area contributed by atoms with Gasteiger partial charge in [-0.2, -0.15) is 0 Å². The molecule has 0 saturated carbocycles. The number of aromatic nitrogens is 1. The van der Waals surface area contributed by atoms with Gasteiger partial charge in [0.25, 0.3) is 0 Å². The van der Waals surface area contributed by atoms with Gasteiger partial charge in [0, 0.05) is 19.3 Å². The molecule has 1 aromatic rings. The van der Waals surface area contributed by atoms with E-state index >= 15 is 0 Å². The minimum atomic E-state index is -0.427. The van der Waals surface area contributed by atoms with E-state index in [2.05, 4.69) is 45.0 Å². The summed E-state index contributed by atoms with van der Waals surface area (Å²) in [7, 11) is 0. The molecule has 0 atom stereocenters. The van der Waals surface area contributed by atoms with E-state index < -0.39 is 4.92 Å². The van der Waals surface area contributed by atoms with Crippen molar-refractivity contribution in [2.45, 2.75) is 20.3 Å². The van der Waals surface area contributed by atoms with Crippen molar-refractivity contribution in [2.75, 3.05) is 31.5 Å². The number of halogens is 1. The van der Waals surface area contributed by atoms with Crippen LogP contribution in [0.25, 0.3) is 0 Å². The fourth-order valence-corrected chi connectivity index (χ4v) is 2.28. The molecule has 0 bridgehead atoms. The third-order valence-corrected chi connectivity index (χ3v) is 3.39. The molecular formula is C12H19BrN4O2. The Morgan fingerprint density at radius 1 is 1.42 bits per heavy atom. The van der Waals surface area contributed by atoms with E-state index in [1.54, 1.807) is 6.20 Å². The molecule has 0 amide bonds. The van der Waals surface area contributed by atoms with Crippen LogP contribution < -0.4 is 5.32 Å². The van der Waals surface area contributed by atoms with Gasteiger partial charge in [-0.15, -0.1) is 0 Å². The van der Waals surface area contributed by atoms with Gasteiger partial charge in [-0.25, -0.2) is 0 Å². The second-order valence-electron chi connectivity index (χ2n) is 4.13. The minimum absolute atomic E-state index is 0.00656. The maximum absolute atomic E-state index is 10.9. The third kappa shape index (κ3) is 4.76. The molecule has 1 heterocycles. The molecule has 0 aliphatic rings. The van der Waals surface area contributed by atoms with Crippen molar-refractivity contribution < 1.29 is 4.92 Å². The number of hydrogen-bond donors (Lipinski definition) is 1. The zero-order chi connectivity index (χ0) is 14.3. The predicted molar refractivity (Wildman–Crippen MR) is 79.5 cm³/mol. The largest absolute Gasteiger partial charge is 0.377 e. The normalized spacial score (nSPS) is 10.7. The summed E-state index contributed by atoms with van der Waals surface area (Å²) in [4.78, 5) is 16.6. The van der Waals surface area contributed by atoms with Crippen molar-refractivity contribution in [3.63, 3.8) is 0 Å². The Hall–Kier alpha value is -1.21. The maximum atomic E-state index is 10.9. The van der Waals surface area contributed by atoms with Crippen molar-refractivity contribution in [1.82, 2.24) is 9.88 Å². The quantitative estimate of drug-likeness (QED) is 0.586. The smallest absolute Gasteiger partial charge is 0.311 e. The van der Waals surface area contributed by atoms with Gasteiger partial charge >= 0.3 is 5.69 Å². The number of rotatable bonds is 8. The Morgan fingerprint density at radius 2 is 2.16 bits per heavy atom. The number of nitro groups is 1. The zero-order valence-corrected chi connectivity index (χ0v) is 12.8. The van der Waals surface area contributed by atoms with Gasteiger partial charge in [0.05, 0.1) is 9.40 Å². The third-order valence-electron chi connectivity index (χ3n) is 2.79. The molecule has 6 nitrogen and oxygen atoms in total. The summed E-state index contributed by atoms with van der Waals surface area (Å²) >= 11 is 3.29. The van der Waals surface area contributed by atoms with Crippen LogP contribution in [0, 0.1) is 10.1 Å². The van der Waals surface area contributed by atoms with Crippen LogP contribution in [-0.2, 0) is 0 Å². The topological polar surface area (TPSA) is 71.3 Å². The van der Waals surface area contributed by atoms with E-state index in [4.69, 9.17) is 0 Å². The van der Waals surface area contributed by atoms with Gasteiger partial charge in [0.1, 0.15) is 11.9 Å². The summed E-state index contributed by atoms with van der Waals surface area (Å²) in [5, 5.41) is 14.0. The molecule has 0 saturated heterocycles. The first-order chi connectivity index (χ1) is 9.10. The zero-order valence-electron chi connectivity index (χ0n) is 11.2. The second kappa shape index (κ2) is 8.06. The summed E-state index contributed by atoms with van der Waals surface area (Å²) < 4.78 is 0.611. The molecule has 0 aliphatic heterocycles. The van der Waals surface area contributed by atoms with Crippen LogP contribution >= 0.6 is 15.9 Å². The Labute approximate surface area is 121 Å². The van der Waals surface area contributed by atoms with E-state index in [-0.39, 0.29) is 5.69 Å². The molecule has 19 heavy (non-hydrogen) atoms. The first-order valence-electron chi connectivity index (χ1n) is 6.34. The minimum Gasteiger partial charge on any atom is -0.377 e. The van der Waals surface area contributed by atoms with Gasteiger partial charge < -0.3 is 10.2 Å². The van der Waals surface area contributed by atoms with E-state index in [9.17, 15) is 10.1 Å². The van der Waals surface area contributed by atoms with Gasteiger partial charge in [-0.1, -0.05) is 13.8 Å². The lowest BCUT2D eigenvalue weighted by Gasteiger charge is -2.20. The molecule has 7 heteroatoms. The van der Waals surface area contributed by atoms with Crippen LogP contribution in [0.3, 0.4) is 0 Å². The maximum Gasteiger partial charge on any atom is 0.311 e. The van der Waals surface area contributed by atoms with Crippen LogP contribution in [-0.4, -0.2) is 41.0 Å². The first kappa shape index (κ1) is 15.8. The van der Waals surface area contributed by atoms with Gasteiger partial charge in [0.15, 0.2) is 0 Å². The molecule has 1 N–H and O–H groups in total. The highest BCUT2D eigenvalue weighted by atomic mass is 79.9. The summed E-state index contributed by atoms with van der Waals surface area (Å²) in [6.07, 6.45) is 3.92.